The molecule has 18 heavy (non-hydrogen) atoms. The SMILES string of the molecule is c1c[nH]c(-c2cccc3c2sc2ccccc23)c1. The van der Waals surface area contributed by atoms with Gasteiger partial charge < -0.3 is 4.98 Å². The summed E-state index contributed by atoms with van der Waals surface area (Å²) in [5.74, 6) is 0. The predicted molar refractivity (Wildman–Crippen MR) is 79.1 cm³/mol. The molecule has 0 unspecified atom stereocenters. The second kappa shape index (κ2) is 3.72. The monoisotopic (exact) mass is 249 g/mol. The van der Waals surface area contributed by atoms with Crippen LogP contribution in [0.2, 0.25) is 0 Å². The zero-order chi connectivity index (χ0) is 11.9. The van der Waals surface area contributed by atoms with E-state index in [2.05, 4.69) is 53.5 Å². The molecule has 2 aromatic carbocycles. The second-order valence-corrected chi connectivity index (χ2v) is 5.42. The van der Waals surface area contributed by atoms with E-state index in [9.17, 15) is 0 Å². The maximum atomic E-state index is 3.30. The fourth-order valence-electron chi connectivity index (χ4n) is 2.46. The van der Waals surface area contributed by atoms with E-state index in [1.165, 1.54) is 31.4 Å². The molecule has 0 aliphatic carbocycles. The van der Waals surface area contributed by atoms with E-state index in [-0.39, 0.29) is 0 Å². The highest BCUT2D eigenvalue weighted by Gasteiger charge is 2.09. The van der Waals surface area contributed by atoms with Gasteiger partial charge in [0.05, 0.1) is 0 Å². The molecule has 0 saturated heterocycles. The van der Waals surface area contributed by atoms with Gasteiger partial charge in [0.25, 0.3) is 0 Å². The van der Waals surface area contributed by atoms with Crippen LogP contribution in [-0.4, -0.2) is 4.98 Å². The molecule has 86 valence electrons. The minimum absolute atomic E-state index is 1.19. The van der Waals surface area contributed by atoms with Crippen LogP contribution in [0.1, 0.15) is 0 Å². The quantitative estimate of drug-likeness (QED) is 0.486. The summed E-state index contributed by atoms with van der Waals surface area (Å²) < 4.78 is 2.72. The van der Waals surface area contributed by atoms with Gasteiger partial charge in [-0.3, -0.25) is 0 Å². The first-order valence-corrected chi connectivity index (χ1v) is 6.79. The first-order valence-electron chi connectivity index (χ1n) is 5.97. The van der Waals surface area contributed by atoms with Crippen molar-refractivity contribution in [2.45, 2.75) is 0 Å². The van der Waals surface area contributed by atoms with E-state index < -0.39 is 0 Å². The summed E-state index contributed by atoms with van der Waals surface area (Å²) in [6.45, 7) is 0. The van der Waals surface area contributed by atoms with Crippen LogP contribution in [0.5, 0.6) is 0 Å². The van der Waals surface area contributed by atoms with Crippen molar-refractivity contribution in [3.63, 3.8) is 0 Å². The average molecular weight is 249 g/mol. The minimum Gasteiger partial charge on any atom is -0.361 e. The molecule has 2 heterocycles. The zero-order valence-electron chi connectivity index (χ0n) is 9.68. The third-order valence-electron chi connectivity index (χ3n) is 3.29. The Morgan fingerprint density at radius 1 is 0.778 bits per heavy atom. The predicted octanol–water partition coefficient (Wildman–Crippen LogP) is 5.05. The molecule has 0 aliphatic rings. The number of aromatic nitrogens is 1. The molecule has 4 rings (SSSR count). The van der Waals surface area contributed by atoms with Crippen molar-refractivity contribution >= 4 is 31.5 Å². The topological polar surface area (TPSA) is 15.8 Å². The Kier molecular flexibility index (Phi) is 2.05. The highest BCUT2D eigenvalue weighted by atomic mass is 32.1. The van der Waals surface area contributed by atoms with Crippen LogP contribution >= 0.6 is 11.3 Å². The highest BCUT2D eigenvalue weighted by Crippen LogP contribution is 2.38. The number of H-pyrrole nitrogens is 1. The van der Waals surface area contributed by atoms with E-state index in [1.54, 1.807) is 0 Å². The Morgan fingerprint density at radius 2 is 1.67 bits per heavy atom. The molecule has 0 fully saturated rings. The maximum absolute atomic E-state index is 3.30. The number of benzene rings is 2. The summed E-state index contributed by atoms with van der Waals surface area (Å²) in [7, 11) is 0. The zero-order valence-corrected chi connectivity index (χ0v) is 10.5. The van der Waals surface area contributed by atoms with E-state index in [1.807, 2.05) is 23.6 Å². The van der Waals surface area contributed by atoms with Crippen molar-refractivity contribution < 1.29 is 0 Å². The van der Waals surface area contributed by atoms with Crippen LogP contribution in [0.15, 0.2) is 60.8 Å². The fourth-order valence-corrected chi connectivity index (χ4v) is 3.69. The Labute approximate surface area is 109 Å². The normalized spacial score (nSPS) is 11.3. The first-order chi connectivity index (χ1) is 8.93. The Bertz CT molecular complexity index is 825. The average Bonchev–Trinajstić information content (AvgIpc) is 3.05. The third-order valence-corrected chi connectivity index (χ3v) is 4.51. The van der Waals surface area contributed by atoms with Crippen LogP contribution in [0, 0.1) is 0 Å². The van der Waals surface area contributed by atoms with Crippen molar-refractivity contribution in [1.82, 2.24) is 4.98 Å². The standard InChI is InChI=1S/C16H11NS/c1-2-9-15-11(5-1)12-6-3-7-13(16(12)18-15)14-8-4-10-17-14/h1-10,17H. The number of nitrogens with one attached hydrogen (secondary N) is 1. The first kappa shape index (κ1) is 9.92. The van der Waals surface area contributed by atoms with Gasteiger partial charge in [-0.2, -0.15) is 0 Å². The molecule has 0 spiro atoms. The van der Waals surface area contributed by atoms with Gasteiger partial charge in [0.15, 0.2) is 0 Å². The lowest BCUT2D eigenvalue weighted by molar-refractivity contribution is 1.41. The Balaban J connectivity index is 2.17. The van der Waals surface area contributed by atoms with Gasteiger partial charge >= 0.3 is 0 Å². The molecule has 0 aliphatic heterocycles. The van der Waals surface area contributed by atoms with E-state index in [0.717, 1.165) is 0 Å². The van der Waals surface area contributed by atoms with Crippen LogP contribution in [0.4, 0.5) is 0 Å². The molecule has 0 saturated carbocycles. The van der Waals surface area contributed by atoms with Crippen molar-refractivity contribution in [3.8, 4) is 11.3 Å². The van der Waals surface area contributed by atoms with Gasteiger partial charge in [0, 0.05) is 37.6 Å². The minimum atomic E-state index is 1.19. The lowest BCUT2D eigenvalue weighted by atomic mass is 10.1. The summed E-state index contributed by atoms with van der Waals surface area (Å²) in [5.41, 5.74) is 2.48. The maximum Gasteiger partial charge on any atom is 0.0468 e. The van der Waals surface area contributed by atoms with Crippen LogP contribution in [0.25, 0.3) is 31.4 Å². The van der Waals surface area contributed by atoms with Crippen LogP contribution in [0.3, 0.4) is 0 Å². The number of rotatable bonds is 1. The van der Waals surface area contributed by atoms with Crippen molar-refractivity contribution in [2.24, 2.45) is 0 Å². The molecule has 1 N–H and O–H groups in total. The summed E-state index contributed by atoms with van der Waals surface area (Å²) in [6, 6.07) is 19.3. The molecule has 0 amide bonds. The van der Waals surface area contributed by atoms with Gasteiger partial charge in [0.2, 0.25) is 0 Å². The second-order valence-electron chi connectivity index (χ2n) is 4.36. The lowest BCUT2D eigenvalue weighted by Crippen LogP contribution is -1.76. The molecule has 2 heteroatoms. The van der Waals surface area contributed by atoms with Gasteiger partial charge in [-0.15, -0.1) is 11.3 Å². The molecule has 0 bridgehead atoms. The summed E-state index contributed by atoms with van der Waals surface area (Å²) >= 11 is 1.87. The molecule has 0 radical (unpaired) electrons. The summed E-state index contributed by atoms with van der Waals surface area (Å²) in [6.07, 6.45) is 1.97. The van der Waals surface area contributed by atoms with E-state index in [0.29, 0.717) is 0 Å². The van der Waals surface area contributed by atoms with Gasteiger partial charge in [-0.05, 0) is 18.2 Å². The van der Waals surface area contributed by atoms with E-state index in [4.69, 9.17) is 0 Å². The number of fused-ring (bicyclic) bond motifs is 3. The smallest absolute Gasteiger partial charge is 0.0468 e. The van der Waals surface area contributed by atoms with Crippen molar-refractivity contribution in [2.75, 3.05) is 0 Å². The molecular weight excluding hydrogens is 238 g/mol. The number of aromatic amines is 1. The van der Waals surface area contributed by atoms with E-state index >= 15 is 0 Å². The molecular formula is C16H11NS. The summed E-state index contributed by atoms with van der Waals surface area (Å²) in [4.78, 5) is 3.30. The molecule has 2 aromatic heterocycles. The van der Waals surface area contributed by atoms with Gasteiger partial charge in [-0.25, -0.2) is 0 Å². The molecule has 1 nitrogen and oxygen atoms in total. The molecule has 0 atom stereocenters. The molecule has 4 aromatic rings. The fraction of sp³-hybridized carbons (Fsp3) is 0. The van der Waals surface area contributed by atoms with Crippen LogP contribution < -0.4 is 0 Å². The number of hydrogen-bond donors (Lipinski definition) is 1. The third kappa shape index (κ3) is 1.33. The van der Waals surface area contributed by atoms with Crippen molar-refractivity contribution in [1.29, 1.82) is 0 Å². The Hall–Kier alpha value is -2.06. The van der Waals surface area contributed by atoms with Crippen LogP contribution in [-0.2, 0) is 0 Å². The van der Waals surface area contributed by atoms with Crippen molar-refractivity contribution in [3.05, 3.63) is 60.8 Å². The highest BCUT2D eigenvalue weighted by molar-refractivity contribution is 7.26. The number of hydrogen-bond acceptors (Lipinski definition) is 1. The number of thiophene rings is 1. The Morgan fingerprint density at radius 3 is 2.56 bits per heavy atom. The van der Waals surface area contributed by atoms with Gasteiger partial charge in [-0.1, -0.05) is 36.4 Å². The van der Waals surface area contributed by atoms with Gasteiger partial charge in [0.1, 0.15) is 0 Å². The largest absolute Gasteiger partial charge is 0.361 e. The summed E-state index contributed by atoms with van der Waals surface area (Å²) in [5, 5.41) is 2.70. The lowest BCUT2D eigenvalue weighted by Gasteiger charge is -1.99.